The Morgan fingerprint density at radius 2 is 1.88 bits per heavy atom. The molecule has 92 valence electrons. The van der Waals surface area contributed by atoms with Gasteiger partial charge in [0.15, 0.2) is 11.9 Å². The Kier molecular flexibility index (Phi) is 4.84. The van der Waals surface area contributed by atoms with Crippen molar-refractivity contribution < 1.29 is 19.4 Å². The Morgan fingerprint density at radius 1 is 1.29 bits per heavy atom. The monoisotopic (exact) mass is 236 g/mol. The van der Waals surface area contributed by atoms with Gasteiger partial charge in [-0.05, 0) is 6.92 Å². The van der Waals surface area contributed by atoms with Gasteiger partial charge >= 0.3 is 5.97 Å². The first-order chi connectivity index (χ1) is 8.07. The van der Waals surface area contributed by atoms with Gasteiger partial charge in [0, 0.05) is 5.56 Å². The number of rotatable bonds is 5. The molecule has 0 amide bonds. The van der Waals surface area contributed by atoms with E-state index >= 15 is 0 Å². The second-order valence-electron chi connectivity index (χ2n) is 3.72. The number of aliphatic hydroxyl groups excluding tert-OH is 1. The van der Waals surface area contributed by atoms with Crippen molar-refractivity contribution in [1.82, 2.24) is 0 Å². The molecule has 4 heteroatoms. The zero-order chi connectivity index (χ0) is 12.8. The highest BCUT2D eigenvalue weighted by atomic mass is 16.5. The second-order valence-corrected chi connectivity index (χ2v) is 3.72. The van der Waals surface area contributed by atoms with Crippen molar-refractivity contribution in [3.8, 4) is 0 Å². The van der Waals surface area contributed by atoms with Crippen LogP contribution in [-0.4, -0.2) is 29.6 Å². The van der Waals surface area contributed by atoms with Crippen molar-refractivity contribution in [2.75, 3.05) is 6.61 Å². The normalized spacial score (nSPS) is 13.8. The van der Waals surface area contributed by atoms with Gasteiger partial charge < -0.3 is 9.84 Å². The van der Waals surface area contributed by atoms with E-state index < -0.39 is 18.0 Å². The molecule has 0 aromatic heterocycles. The topological polar surface area (TPSA) is 63.6 Å². The van der Waals surface area contributed by atoms with Crippen LogP contribution in [0.5, 0.6) is 0 Å². The zero-order valence-electron chi connectivity index (χ0n) is 9.92. The fourth-order valence-electron chi connectivity index (χ4n) is 1.44. The van der Waals surface area contributed by atoms with Crippen LogP contribution in [0.2, 0.25) is 0 Å². The van der Waals surface area contributed by atoms with Gasteiger partial charge in [0.2, 0.25) is 0 Å². The van der Waals surface area contributed by atoms with Crippen LogP contribution < -0.4 is 0 Å². The SMILES string of the molecule is CCOC(=O)[C@@H](O)[C@@H](C)C(=O)c1ccccc1. The quantitative estimate of drug-likeness (QED) is 0.620. The van der Waals surface area contributed by atoms with Crippen molar-refractivity contribution in [2.24, 2.45) is 5.92 Å². The number of ketones is 1. The summed E-state index contributed by atoms with van der Waals surface area (Å²) in [5.74, 6) is -1.84. The summed E-state index contributed by atoms with van der Waals surface area (Å²) in [6.07, 6.45) is -1.41. The van der Waals surface area contributed by atoms with Crippen LogP contribution in [0.15, 0.2) is 30.3 Å². The van der Waals surface area contributed by atoms with Gasteiger partial charge in [-0.3, -0.25) is 4.79 Å². The van der Waals surface area contributed by atoms with E-state index in [1.165, 1.54) is 6.92 Å². The van der Waals surface area contributed by atoms with E-state index in [1.54, 1.807) is 37.3 Å². The number of ether oxygens (including phenoxy) is 1. The minimum atomic E-state index is -1.41. The Bertz CT molecular complexity index is 386. The number of hydrogen-bond donors (Lipinski definition) is 1. The molecule has 0 aliphatic rings. The molecule has 4 nitrogen and oxygen atoms in total. The average molecular weight is 236 g/mol. The number of benzene rings is 1. The minimum absolute atomic E-state index is 0.183. The fourth-order valence-corrected chi connectivity index (χ4v) is 1.44. The molecule has 1 aromatic carbocycles. The van der Waals surface area contributed by atoms with E-state index in [0.29, 0.717) is 5.56 Å². The molecule has 0 unspecified atom stereocenters. The average Bonchev–Trinajstić information content (AvgIpc) is 2.37. The largest absolute Gasteiger partial charge is 0.464 e. The lowest BCUT2D eigenvalue weighted by Gasteiger charge is -2.16. The Balaban J connectivity index is 2.73. The molecule has 2 atom stereocenters. The van der Waals surface area contributed by atoms with Gasteiger partial charge in [-0.25, -0.2) is 4.79 Å². The number of aliphatic hydroxyl groups is 1. The Hall–Kier alpha value is -1.68. The molecule has 0 aliphatic carbocycles. The molecule has 1 aromatic rings. The molecule has 1 N–H and O–H groups in total. The van der Waals surface area contributed by atoms with Gasteiger partial charge in [-0.2, -0.15) is 0 Å². The summed E-state index contributed by atoms with van der Waals surface area (Å²) in [7, 11) is 0. The lowest BCUT2D eigenvalue weighted by atomic mass is 9.94. The summed E-state index contributed by atoms with van der Waals surface area (Å²) < 4.78 is 4.67. The lowest BCUT2D eigenvalue weighted by Crippen LogP contribution is -2.34. The number of hydrogen-bond acceptors (Lipinski definition) is 4. The van der Waals surface area contributed by atoms with Crippen LogP contribution in [0.1, 0.15) is 24.2 Å². The van der Waals surface area contributed by atoms with Crippen LogP contribution in [0.4, 0.5) is 0 Å². The molecule has 1 rings (SSSR count). The number of carbonyl (C=O) groups excluding carboxylic acids is 2. The van der Waals surface area contributed by atoms with Crippen LogP contribution >= 0.6 is 0 Å². The maximum absolute atomic E-state index is 11.9. The Labute approximate surface area is 100 Å². The molecule has 0 radical (unpaired) electrons. The lowest BCUT2D eigenvalue weighted by molar-refractivity contribution is -0.154. The van der Waals surface area contributed by atoms with Crippen molar-refractivity contribution in [3.05, 3.63) is 35.9 Å². The second kappa shape index (κ2) is 6.15. The van der Waals surface area contributed by atoms with Crippen molar-refractivity contribution in [1.29, 1.82) is 0 Å². The molecule has 0 heterocycles. The van der Waals surface area contributed by atoms with E-state index in [0.717, 1.165) is 0 Å². The summed E-state index contributed by atoms with van der Waals surface area (Å²) >= 11 is 0. The van der Waals surface area contributed by atoms with Crippen molar-refractivity contribution in [3.63, 3.8) is 0 Å². The zero-order valence-corrected chi connectivity index (χ0v) is 9.92. The molecule has 0 spiro atoms. The van der Waals surface area contributed by atoms with Gasteiger partial charge in [0.1, 0.15) is 0 Å². The highest BCUT2D eigenvalue weighted by Gasteiger charge is 2.29. The van der Waals surface area contributed by atoms with Crippen molar-refractivity contribution in [2.45, 2.75) is 20.0 Å². The van der Waals surface area contributed by atoms with Crippen LogP contribution in [0, 0.1) is 5.92 Å². The molecular weight excluding hydrogens is 220 g/mol. The highest BCUT2D eigenvalue weighted by Crippen LogP contribution is 2.13. The first-order valence-electron chi connectivity index (χ1n) is 5.52. The first-order valence-corrected chi connectivity index (χ1v) is 5.52. The number of Topliss-reactive ketones (excluding diaryl/α,β-unsaturated/α-hetero) is 1. The molecule has 0 aliphatic heterocycles. The summed E-state index contributed by atoms with van der Waals surface area (Å²) in [6, 6.07) is 8.56. The predicted octanol–water partition coefficient (Wildman–Crippen LogP) is 1.43. The Morgan fingerprint density at radius 3 is 2.41 bits per heavy atom. The molecular formula is C13H16O4. The predicted molar refractivity (Wildman–Crippen MR) is 62.6 cm³/mol. The van der Waals surface area contributed by atoms with Gasteiger partial charge in [-0.1, -0.05) is 37.3 Å². The van der Waals surface area contributed by atoms with Crippen LogP contribution in [-0.2, 0) is 9.53 Å². The van der Waals surface area contributed by atoms with E-state index in [1.807, 2.05) is 0 Å². The first kappa shape index (κ1) is 13.4. The van der Waals surface area contributed by atoms with E-state index in [4.69, 9.17) is 0 Å². The minimum Gasteiger partial charge on any atom is -0.464 e. The third-order valence-corrected chi connectivity index (χ3v) is 2.47. The summed E-state index contributed by atoms with van der Waals surface area (Å²) in [5.41, 5.74) is 0.475. The molecule has 0 bridgehead atoms. The summed E-state index contributed by atoms with van der Waals surface area (Å²) in [5, 5.41) is 9.65. The molecule has 0 saturated carbocycles. The molecule has 0 fully saturated rings. The standard InChI is InChI=1S/C13H16O4/c1-3-17-13(16)12(15)9(2)11(14)10-7-5-4-6-8-10/h4-9,12,15H,3H2,1-2H3/t9-,12-/m0/s1. The van der Waals surface area contributed by atoms with Gasteiger partial charge in [-0.15, -0.1) is 0 Å². The maximum Gasteiger partial charge on any atom is 0.335 e. The smallest absolute Gasteiger partial charge is 0.335 e. The van der Waals surface area contributed by atoms with Crippen LogP contribution in [0.25, 0.3) is 0 Å². The van der Waals surface area contributed by atoms with Crippen LogP contribution in [0.3, 0.4) is 0 Å². The van der Waals surface area contributed by atoms with Gasteiger partial charge in [0.05, 0.1) is 12.5 Å². The fraction of sp³-hybridized carbons (Fsp3) is 0.385. The number of esters is 1. The van der Waals surface area contributed by atoms with E-state index in [2.05, 4.69) is 4.74 Å². The van der Waals surface area contributed by atoms with Gasteiger partial charge in [0.25, 0.3) is 0 Å². The molecule has 17 heavy (non-hydrogen) atoms. The third-order valence-electron chi connectivity index (χ3n) is 2.47. The third kappa shape index (κ3) is 3.39. The van der Waals surface area contributed by atoms with E-state index in [9.17, 15) is 14.7 Å². The maximum atomic E-state index is 11.9. The number of carbonyl (C=O) groups is 2. The molecule has 0 saturated heterocycles. The van der Waals surface area contributed by atoms with Crippen molar-refractivity contribution >= 4 is 11.8 Å². The summed E-state index contributed by atoms with van der Waals surface area (Å²) in [4.78, 5) is 23.2. The highest BCUT2D eigenvalue weighted by molar-refractivity contribution is 6.00. The summed E-state index contributed by atoms with van der Waals surface area (Å²) in [6.45, 7) is 3.34. The van der Waals surface area contributed by atoms with E-state index in [-0.39, 0.29) is 12.4 Å².